The number of urea groups is 1. The summed E-state index contributed by atoms with van der Waals surface area (Å²) >= 11 is 0. The molecule has 1 fully saturated rings. The van der Waals surface area contributed by atoms with E-state index in [1.807, 2.05) is 48.5 Å². The number of amides is 3. The van der Waals surface area contributed by atoms with Gasteiger partial charge in [0.25, 0.3) is 0 Å². The maximum atomic E-state index is 12.6. The van der Waals surface area contributed by atoms with Gasteiger partial charge in [0.2, 0.25) is 5.91 Å². The molecule has 0 radical (unpaired) electrons. The van der Waals surface area contributed by atoms with Gasteiger partial charge in [-0.05, 0) is 17.7 Å². The third-order valence-electron chi connectivity index (χ3n) is 4.55. The molecule has 6 nitrogen and oxygen atoms in total. The van der Waals surface area contributed by atoms with Crippen LogP contribution in [0.2, 0.25) is 0 Å². The number of fused-ring (bicyclic) bond motifs is 3. The number of anilines is 1. The van der Waals surface area contributed by atoms with Crippen molar-refractivity contribution in [3.8, 4) is 5.75 Å². The van der Waals surface area contributed by atoms with Crippen LogP contribution in [0.1, 0.15) is 12.0 Å². The fraction of sp³-hybridized carbons (Fsp3) is 0.263. The number of ether oxygens (including phenoxy) is 1. The second-order valence-corrected chi connectivity index (χ2v) is 6.27. The van der Waals surface area contributed by atoms with Gasteiger partial charge in [0, 0.05) is 13.0 Å². The molecule has 0 saturated carbocycles. The molecule has 0 aromatic heterocycles. The lowest BCUT2D eigenvalue weighted by Crippen LogP contribution is -2.47. The molecular formula is C19H19N3O3. The summed E-state index contributed by atoms with van der Waals surface area (Å²) in [6, 6.07) is 16.3. The van der Waals surface area contributed by atoms with Crippen molar-refractivity contribution in [2.45, 2.75) is 25.1 Å². The van der Waals surface area contributed by atoms with Crippen LogP contribution in [0.5, 0.6) is 5.75 Å². The second kappa shape index (κ2) is 6.47. The first-order valence-corrected chi connectivity index (χ1v) is 8.35. The number of hydrogen-bond donors (Lipinski definition) is 2. The lowest BCUT2D eigenvalue weighted by molar-refractivity contribution is -0.119. The molecular weight excluding hydrogens is 318 g/mol. The van der Waals surface area contributed by atoms with Gasteiger partial charge < -0.3 is 20.3 Å². The van der Waals surface area contributed by atoms with Crippen LogP contribution in [0, 0.1) is 0 Å². The van der Waals surface area contributed by atoms with E-state index in [1.54, 1.807) is 11.0 Å². The number of carbonyl (C=O) groups excluding carboxylic acids is 2. The van der Waals surface area contributed by atoms with E-state index in [0.29, 0.717) is 30.9 Å². The number of nitrogens with one attached hydrogen (secondary N) is 2. The fourth-order valence-corrected chi connectivity index (χ4v) is 3.30. The summed E-state index contributed by atoms with van der Waals surface area (Å²) in [6.45, 7) is 0.823. The monoisotopic (exact) mass is 337 g/mol. The molecule has 25 heavy (non-hydrogen) atoms. The van der Waals surface area contributed by atoms with Gasteiger partial charge in [0.05, 0.1) is 12.2 Å². The average molecular weight is 337 g/mol. The predicted octanol–water partition coefficient (Wildman–Crippen LogP) is 2.37. The molecule has 1 saturated heterocycles. The van der Waals surface area contributed by atoms with Crippen molar-refractivity contribution in [3.05, 3.63) is 60.2 Å². The molecule has 3 amide bonds. The van der Waals surface area contributed by atoms with Crippen molar-refractivity contribution in [1.29, 1.82) is 0 Å². The summed E-state index contributed by atoms with van der Waals surface area (Å²) in [6.07, 6.45) is 0.318. The van der Waals surface area contributed by atoms with E-state index in [0.717, 1.165) is 5.56 Å². The summed E-state index contributed by atoms with van der Waals surface area (Å²) in [4.78, 5) is 26.7. The number of nitrogens with zero attached hydrogens (tertiary/aromatic N) is 1. The van der Waals surface area contributed by atoms with E-state index in [2.05, 4.69) is 10.6 Å². The third-order valence-corrected chi connectivity index (χ3v) is 4.55. The molecule has 2 aromatic rings. The topological polar surface area (TPSA) is 70.7 Å². The summed E-state index contributed by atoms with van der Waals surface area (Å²) in [5.74, 6) is 0.471. The van der Waals surface area contributed by atoms with Gasteiger partial charge in [-0.1, -0.05) is 42.5 Å². The van der Waals surface area contributed by atoms with Gasteiger partial charge in [-0.2, -0.15) is 0 Å². The Labute approximate surface area is 145 Å². The SMILES string of the molecule is O=C1Nc2ccccc2O[C@H]2C[C@@H]1N(C(=O)NCc1ccccc1)C2. The average Bonchev–Trinajstić information content (AvgIpc) is 3.07. The third kappa shape index (κ3) is 3.15. The number of rotatable bonds is 2. The van der Waals surface area contributed by atoms with Crippen LogP contribution in [0.25, 0.3) is 0 Å². The van der Waals surface area contributed by atoms with E-state index >= 15 is 0 Å². The number of hydrogen-bond acceptors (Lipinski definition) is 3. The van der Waals surface area contributed by atoms with Crippen LogP contribution in [0.3, 0.4) is 0 Å². The van der Waals surface area contributed by atoms with Crippen LogP contribution in [0.4, 0.5) is 10.5 Å². The normalized spacial score (nSPS) is 21.4. The van der Waals surface area contributed by atoms with Crippen LogP contribution in [0.15, 0.2) is 54.6 Å². The number of carbonyl (C=O) groups is 2. The second-order valence-electron chi connectivity index (χ2n) is 6.27. The molecule has 0 unspecified atom stereocenters. The standard InChI is InChI=1S/C19H19N3O3/c23-18-16-10-14(25-17-9-5-4-8-15(17)21-18)12-22(16)19(24)20-11-13-6-2-1-3-7-13/h1-9,14,16H,10-12H2,(H,20,24)(H,21,23)/t14-,16-/m0/s1. The lowest BCUT2D eigenvalue weighted by Gasteiger charge is -2.24. The van der Waals surface area contributed by atoms with E-state index in [9.17, 15) is 9.59 Å². The van der Waals surface area contributed by atoms with Crippen molar-refractivity contribution < 1.29 is 14.3 Å². The predicted molar refractivity (Wildman–Crippen MR) is 93.3 cm³/mol. The van der Waals surface area contributed by atoms with E-state index in [-0.39, 0.29) is 18.0 Å². The highest BCUT2D eigenvalue weighted by Crippen LogP contribution is 2.32. The van der Waals surface area contributed by atoms with Gasteiger partial charge in [-0.3, -0.25) is 4.79 Å². The maximum Gasteiger partial charge on any atom is 0.318 e. The van der Waals surface area contributed by atoms with Gasteiger partial charge in [-0.25, -0.2) is 4.79 Å². The molecule has 2 heterocycles. The molecule has 128 valence electrons. The van der Waals surface area contributed by atoms with Crippen molar-refractivity contribution >= 4 is 17.6 Å². The summed E-state index contributed by atoms with van der Waals surface area (Å²) in [5, 5.41) is 5.75. The summed E-state index contributed by atoms with van der Waals surface area (Å²) in [7, 11) is 0. The number of benzene rings is 2. The molecule has 0 spiro atoms. The first-order chi connectivity index (χ1) is 12.2. The Bertz CT molecular complexity index is 794. The quantitative estimate of drug-likeness (QED) is 0.884. The van der Waals surface area contributed by atoms with Crippen molar-refractivity contribution in [2.75, 3.05) is 11.9 Å². The van der Waals surface area contributed by atoms with Crippen LogP contribution >= 0.6 is 0 Å². The Morgan fingerprint density at radius 1 is 1.16 bits per heavy atom. The highest BCUT2D eigenvalue weighted by molar-refractivity contribution is 5.98. The van der Waals surface area contributed by atoms with Gasteiger partial charge in [0.15, 0.2) is 0 Å². The highest BCUT2D eigenvalue weighted by atomic mass is 16.5. The molecule has 0 aliphatic carbocycles. The van der Waals surface area contributed by atoms with Crippen molar-refractivity contribution in [1.82, 2.24) is 10.2 Å². The minimum absolute atomic E-state index is 0.173. The zero-order valence-corrected chi connectivity index (χ0v) is 13.6. The van der Waals surface area contributed by atoms with Crippen molar-refractivity contribution in [2.24, 2.45) is 0 Å². The van der Waals surface area contributed by atoms with Crippen LogP contribution < -0.4 is 15.4 Å². The number of likely N-dealkylation sites (tertiary alicyclic amines) is 1. The highest BCUT2D eigenvalue weighted by Gasteiger charge is 2.42. The minimum Gasteiger partial charge on any atom is -0.486 e. The fourth-order valence-electron chi connectivity index (χ4n) is 3.30. The van der Waals surface area contributed by atoms with Gasteiger partial charge in [0.1, 0.15) is 17.9 Å². The zero-order chi connectivity index (χ0) is 17.2. The molecule has 6 heteroatoms. The van der Waals surface area contributed by atoms with Gasteiger partial charge in [-0.15, -0.1) is 0 Å². The molecule has 2 N–H and O–H groups in total. The first-order valence-electron chi connectivity index (χ1n) is 8.35. The summed E-state index contributed by atoms with van der Waals surface area (Å²) < 4.78 is 5.98. The molecule has 2 atom stereocenters. The molecule has 2 aliphatic rings. The van der Waals surface area contributed by atoms with Crippen LogP contribution in [-0.2, 0) is 11.3 Å². The Hall–Kier alpha value is -3.02. The van der Waals surface area contributed by atoms with Gasteiger partial charge >= 0.3 is 6.03 Å². The van der Waals surface area contributed by atoms with E-state index in [4.69, 9.17) is 4.74 Å². The van der Waals surface area contributed by atoms with E-state index < -0.39 is 6.04 Å². The smallest absolute Gasteiger partial charge is 0.318 e. The largest absolute Gasteiger partial charge is 0.486 e. The molecule has 4 rings (SSSR count). The Morgan fingerprint density at radius 2 is 1.92 bits per heavy atom. The molecule has 2 aromatic carbocycles. The molecule has 2 aliphatic heterocycles. The Kier molecular flexibility index (Phi) is 4.01. The first kappa shape index (κ1) is 15.5. The minimum atomic E-state index is -0.519. The Morgan fingerprint density at radius 3 is 2.76 bits per heavy atom. The molecule has 2 bridgehead atoms. The maximum absolute atomic E-state index is 12.6. The number of para-hydroxylation sites is 2. The van der Waals surface area contributed by atoms with E-state index in [1.165, 1.54) is 0 Å². The summed E-state index contributed by atoms with van der Waals surface area (Å²) in [5.41, 5.74) is 1.66. The Balaban J connectivity index is 1.48. The van der Waals surface area contributed by atoms with Crippen molar-refractivity contribution in [3.63, 3.8) is 0 Å². The zero-order valence-electron chi connectivity index (χ0n) is 13.6. The van der Waals surface area contributed by atoms with Crippen LogP contribution in [-0.4, -0.2) is 35.5 Å². The lowest BCUT2D eigenvalue weighted by atomic mass is 10.1.